The molecule has 0 aromatic rings. The minimum atomic E-state index is -0.660. The summed E-state index contributed by atoms with van der Waals surface area (Å²) >= 11 is 0. The van der Waals surface area contributed by atoms with Gasteiger partial charge in [-0.15, -0.1) is 0 Å². The number of hydrogen-bond acceptors (Lipinski definition) is 3. The van der Waals surface area contributed by atoms with Gasteiger partial charge in [0, 0.05) is 17.9 Å². The molecule has 0 spiro atoms. The molecular weight excluding hydrogens is 264 g/mol. The Morgan fingerprint density at radius 1 is 1.14 bits per heavy atom. The number of aliphatic hydroxyl groups is 1. The Hall–Kier alpha value is -0.610. The average molecular weight is 294 g/mol. The van der Waals surface area contributed by atoms with E-state index < -0.39 is 5.60 Å². The molecular formula is C17H30N2O2. The van der Waals surface area contributed by atoms with Gasteiger partial charge < -0.3 is 14.9 Å². The van der Waals surface area contributed by atoms with Gasteiger partial charge in [-0.05, 0) is 51.2 Å². The molecule has 0 unspecified atom stereocenters. The zero-order valence-electron chi connectivity index (χ0n) is 13.8. The van der Waals surface area contributed by atoms with Crippen molar-refractivity contribution in [1.82, 2.24) is 9.80 Å². The predicted octanol–water partition coefficient (Wildman–Crippen LogP) is 1.73. The van der Waals surface area contributed by atoms with Crippen LogP contribution in [0.25, 0.3) is 0 Å². The van der Waals surface area contributed by atoms with Crippen LogP contribution in [0.4, 0.5) is 0 Å². The number of nitrogens with zero attached hydrogens (tertiary/aromatic N) is 2. The number of amides is 1. The van der Waals surface area contributed by atoms with E-state index in [1.165, 1.54) is 0 Å². The normalized spacial score (nSPS) is 34.4. The van der Waals surface area contributed by atoms with E-state index >= 15 is 0 Å². The molecule has 3 aliphatic rings. The Balaban J connectivity index is 1.64. The van der Waals surface area contributed by atoms with E-state index in [1.807, 2.05) is 4.90 Å². The summed E-state index contributed by atoms with van der Waals surface area (Å²) in [6.07, 6.45) is 4.20. The van der Waals surface area contributed by atoms with Crippen LogP contribution in [0, 0.1) is 17.3 Å². The van der Waals surface area contributed by atoms with Crippen molar-refractivity contribution in [3.8, 4) is 0 Å². The molecule has 1 amide bonds. The molecule has 4 heteroatoms. The van der Waals surface area contributed by atoms with E-state index in [-0.39, 0.29) is 17.2 Å². The molecule has 0 aromatic heterocycles. The third-order valence-electron chi connectivity index (χ3n) is 6.14. The van der Waals surface area contributed by atoms with E-state index in [1.54, 1.807) is 0 Å². The van der Waals surface area contributed by atoms with Gasteiger partial charge in [0.05, 0.1) is 12.1 Å². The summed E-state index contributed by atoms with van der Waals surface area (Å²) in [7, 11) is 0. The topological polar surface area (TPSA) is 43.8 Å². The molecule has 1 atom stereocenters. The number of likely N-dealkylation sites (tertiary alicyclic amines) is 2. The second kappa shape index (κ2) is 5.24. The van der Waals surface area contributed by atoms with Gasteiger partial charge in [-0.1, -0.05) is 20.8 Å². The number of hydrogen-bond donors (Lipinski definition) is 1. The molecule has 0 aromatic carbocycles. The predicted molar refractivity (Wildman–Crippen MR) is 82.9 cm³/mol. The molecule has 1 saturated carbocycles. The second-order valence-corrected chi connectivity index (χ2v) is 7.99. The second-order valence-electron chi connectivity index (χ2n) is 7.99. The zero-order chi connectivity index (χ0) is 15.3. The standard InChI is InChI=1S/C17H30N2O2/c1-4-18-9-7-13(8-10-18)15(20)19-11-16(2,3)17(21,12-19)14-5-6-14/h13-14,21H,4-12H2,1-3H3/t17-/m1/s1. The average Bonchev–Trinajstić information content (AvgIpc) is 3.27. The summed E-state index contributed by atoms with van der Waals surface area (Å²) in [5.74, 6) is 0.868. The fourth-order valence-electron chi connectivity index (χ4n) is 4.33. The first-order valence-corrected chi connectivity index (χ1v) is 8.61. The number of β-amino-alcohol motifs (C(OH)–C–C–N with tert-alkyl or cyclic N) is 1. The molecule has 120 valence electrons. The molecule has 2 saturated heterocycles. The summed E-state index contributed by atoms with van der Waals surface area (Å²) in [5.41, 5.74) is -0.833. The minimum absolute atomic E-state index is 0.171. The third kappa shape index (κ3) is 2.61. The maximum atomic E-state index is 12.8. The highest BCUT2D eigenvalue weighted by molar-refractivity contribution is 5.79. The van der Waals surface area contributed by atoms with Crippen molar-refractivity contribution in [2.75, 3.05) is 32.7 Å². The number of rotatable bonds is 3. The Kier molecular flexibility index (Phi) is 3.81. The molecule has 3 rings (SSSR count). The SMILES string of the molecule is CCN1CCC(C(=O)N2CC(C)(C)[C@](O)(C3CC3)C2)CC1. The maximum absolute atomic E-state index is 12.8. The van der Waals surface area contributed by atoms with Crippen molar-refractivity contribution in [2.24, 2.45) is 17.3 Å². The van der Waals surface area contributed by atoms with E-state index in [0.717, 1.165) is 45.3 Å². The Morgan fingerprint density at radius 3 is 2.29 bits per heavy atom. The lowest BCUT2D eigenvalue weighted by Gasteiger charge is -2.35. The van der Waals surface area contributed by atoms with Crippen LogP contribution >= 0.6 is 0 Å². The first-order valence-electron chi connectivity index (χ1n) is 8.61. The van der Waals surface area contributed by atoms with Crippen molar-refractivity contribution in [2.45, 2.75) is 52.1 Å². The van der Waals surface area contributed by atoms with Gasteiger partial charge in [0.25, 0.3) is 0 Å². The van der Waals surface area contributed by atoms with Crippen molar-refractivity contribution in [1.29, 1.82) is 0 Å². The first kappa shape index (κ1) is 15.3. The lowest BCUT2D eigenvalue weighted by Crippen LogP contribution is -2.46. The van der Waals surface area contributed by atoms with E-state index in [4.69, 9.17) is 0 Å². The maximum Gasteiger partial charge on any atom is 0.225 e. The number of piperidine rings is 1. The number of carbonyl (C=O) groups excluding carboxylic acids is 1. The molecule has 4 nitrogen and oxygen atoms in total. The van der Waals surface area contributed by atoms with E-state index in [9.17, 15) is 9.90 Å². The summed E-state index contributed by atoms with van der Waals surface area (Å²) < 4.78 is 0. The Labute approximate surface area is 128 Å². The van der Waals surface area contributed by atoms with Gasteiger partial charge in [0.1, 0.15) is 0 Å². The van der Waals surface area contributed by atoms with E-state index in [2.05, 4.69) is 25.7 Å². The summed E-state index contributed by atoms with van der Waals surface area (Å²) in [6.45, 7) is 10.9. The van der Waals surface area contributed by atoms with Crippen LogP contribution < -0.4 is 0 Å². The minimum Gasteiger partial charge on any atom is -0.387 e. The van der Waals surface area contributed by atoms with Crippen molar-refractivity contribution < 1.29 is 9.90 Å². The fourth-order valence-corrected chi connectivity index (χ4v) is 4.33. The largest absolute Gasteiger partial charge is 0.387 e. The van der Waals surface area contributed by atoms with Gasteiger partial charge in [-0.2, -0.15) is 0 Å². The molecule has 2 aliphatic heterocycles. The first-order chi connectivity index (χ1) is 9.87. The molecule has 2 heterocycles. The molecule has 3 fully saturated rings. The van der Waals surface area contributed by atoms with E-state index in [0.29, 0.717) is 19.0 Å². The third-order valence-corrected chi connectivity index (χ3v) is 6.14. The van der Waals surface area contributed by atoms with Crippen LogP contribution in [0.5, 0.6) is 0 Å². The highest BCUT2D eigenvalue weighted by atomic mass is 16.3. The highest BCUT2D eigenvalue weighted by Gasteiger charge is 2.59. The van der Waals surface area contributed by atoms with Crippen molar-refractivity contribution in [3.05, 3.63) is 0 Å². The summed E-state index contributed by atoms with van der Waals surface area (Å²) in [5, 5.41) is 11.1. The molecule has 1 aliphatic carbocycles. The van der Waals surface area contributed by atoms with Gasteiger partial charge in [-0.25, -0.2) is 0 Å². The molecule has 1 N–H and O–H groups in total. The van der Waals surface area contributed by atoms with Gasteiger partial charge in [0.2, 0.25) is 5.91 Å². The smallest absolute Gasteiger partial charge is 0.225 e. The van der Waals surface area contributed by atoms with Gasteiger partial charge >= 0.3 is 0 Å². The number of carbonyl (C=O) groups is 1. The lowest BCUT2D eigenvalue weighted by atomic mass is 9.75. The monoisotopic (exact) mass is 294 g/mol. The highest BCUT2D eigenvalue weighted by Crippen LogP contribution is 2.52. The summed E-state index contributed by atoms with van der Waals surface area (Å²) in [6, 6.07) is 0. The summed E-state index contributed by atoms with van der Waals surface area (Å²) in [4.78, 5) is 17.2. The molecule has 0 radical (unpaired) electrons. The van der Waals surface area contributed by atoms with Crippen LogP contribution in [0.15, 0.2) is 0 Å². The molecule has 0 bridgehead atoms. The Bertz CT molecular complexity index is 411. The quantitative estimate of drug-likeness (QED) is 0.862. The van der Waals surface area contributed by atoms with Crippen molar-refractivity contribution in [3.63, 3.8) is 0 Å². The van der Waals surface area contributed by atoms with Crippen LogP contribution in [-0.2, 0) is 4.79 Å². The molecule has 21 heavy (non-hydrogen) atoms. The van der Waals surface area contributed by atoms with Gasteiger partial charge in [0.15, 0.2) is 0 Å². The zero-order valence-corrected chi connectivity index (χ0v) is 13.8. The van der Waals surface area contributed by atoms with Crippen LogP contribution in [-0.4, -0.2) is 59.1 Å². The van der Waals surface area contributed by atoms with Crippen LogP contribution in [0.1, 0.15) is 46.5 Å². The Morgan fingerprint density at radius 2 is 1.76 bits per heavy atom. The van der Waals surface area contributed by atoms with Crippen LogP contribution in [0.3, 0.4) is 0 Å². The van der Waals surface area contributed by atoms with Crippen molar-refractivity contribution >= 4 is 5.91 Å². The van der Waals surface area contributed by atoms with Gasteiger partial charge in [-0.3, -0.25) is 4.79 Å². The lowest BCUT2D eigenvalue weighted by molar-refractivity contribution is -0.137. The fraction of sp³-hybridized carbons (Fsp3) is 0.941. The van der Waals surface area contributed by atoms with Crippen LogP contribution in [0.2, 0.25) is 0 Å².